The number of nitrogens with one attached hydrogen (secondary N) is 1. The first-order valence-electron chi connectivity index (χ1n) is 12.1. The number of nitrogens with two attached hydrogens (primary N) is 1. The monoisotopic (exact) mass is 527 g/mol. The number of hydrogen-bond acceptors (Lipinski definition) is 8. The molecule has 0 fully saturated rings. The average molecular weight is 528 g/mol. The minimum Gasteiger partial charge on any atom is -0.481 e. The molecule has 11 nitrogen and oxygen atoms in total. The Morgan fingerprint density at radius 3 is 2.72 bits per heavy atom. The predicted molar refractivity (Wildman–Crippen MR) is 138 cm³/mol. The molecule has 1 aliphatic heterocycles. The number of aryl methyl sites for hydroxylation is 1. The van der Waals surface area contributed by atoms with E-state index >= 15 is 0 Å². The van der Waals surface area contributed by atoms with E-state index in [0.29, 0.717) is 22.5 Å². The van der Waals surface area contributed by atoms with Gasteiger partial charge in [0.25, 0.3) is 0 Å². The fraction of sp³-hybridized carbons (Fsp3) is 0.185. The fourth-order valence-corrected chi connectivity index (χ4v) is 4.81. The van der Waals surface area contributed by atoms with Crippen LogP contribution >= 0.6 is 0 Å². The van der Waals surface area contributed by atoms with Gasteiger partial charge in [0.15, 0.2) is 11.2 Å². The van der Waals surface area contributed by atoms with Crippen molar-refractivity contribution in [2.24, 2.45) is 0 Å². The molecule has 0 unspecified atom stereocenters. The van der Waals surface area contributed by atoms with Crippen molar-refractivity contribution in [2.75, 3.05) is 11.1 Å². The van der Waals surface area contributed by atoms with Crippen LogP contribution in [-0.4, -0.2) is 41.7 Å². The van der Waals surface area contributed by atoms with E-state index in [2.05, 4.69) is 20.3 Å². The summed E-state index contributed by atoms with van der Waals surface area (Å²) in [6, 6.07) is 13.9. The largest absolute Gasteiger partial charge is 0.481 e. The van der Waals surface area contributed by atoms with Crippen molar-refractivity contribution in [1.82, 2.24) is 24.7 Å². The third-order valence-corrected chi connectivity index (χ3v) is 6.85. The maximum Gasteiger partial charge on any atom is 0.303 e. The fourth-order valence-electron chi connectivity index (χ4n) is 4.81. The summed E-state index contributed by atoms with van der Waals surface area (Å²) in [5.41, 5.74) is 7.34. The number of carboxylic acids is 1. The second-order valence-corrected chi connectivity index (χ2v) is 9.39. The predicted octanol–water partition coefficient (Wildman–Crippen LogP) is 3.53. The normalized spacial score (nSPS) is 16.4. The number of anilines is 2. The number of oxazole rings is 1. The van der Waals surface area contributed by atoms with Gasteiger partial charge >= 0.3 is 5.97 Å². The Morgan fingerprint density at radius 2 is 1.92 bits per heavy atom. The molecule has 1 aliphatic rings. The third kappa shape index (κ3) is 3.97. The minimum absolute atomic E-state index is 0.0360. The summed E-state index contributed by atoms with van der Waals surface area (Å²) in [7, 11) is 0. The lowest BCUT2D eigenvalue weighted by Crippen LogP contribution is -2.33. The molecule has 2 aromatic carbocycles. The number of nitrogens with zero attached hydrogens (tertiary/aromatic N) is 5. The smallest absolute Gasteiger partial charge is 0.303 e. The zero-order valence-corrected chi connectivity index (χ0v) is 20.7. The van der Waals surface area contributed by atoms with Crippen molar-refractivity contribution >= 4 is 34.4 Å². The van der Waals surface area contributed by atoms with Crippen LogP contribution in [-0.2, 0) is 28.0 Å². The van der Waals surface area contributed by atoms with E-state index in [-0.39, 0.29) is 48.6 Å². The molecule has 0 saturated heterocycles. The molecule has 0 aliphatic carbocycles. The lowest BCUT2D eigenvalue weighted by Gasteiger charge is -2.18. The number of aromatic nitrogens is 5. The van der Waals surface area contributed by atoms with E-state index in [9.17, 15) is 14.0 Å². The molecule has 4 N–H and O–H groups in total. The van der Waals surface area contributed by atoms with E-state index in [1.807, 2.05) is 24.3 Å². The van der Waals surface area contributed by atoms with Crippen molar-refractivity contribution in [3.63, 3.8) is 0 Å². The number of fused-ring (bicyclic) bond motifs is 2. The van der Waals surface area contributed by atoms with Crippen molar-refractivity contribution in [1.29, 1.82) is 0 Å². The number of hydrogen-bond donors (Lipinski definition) is 3. The zero-order chi connectivity index (χ0) is 27.3. The van der Waals surface area contributed by atoms with Crippen LogP contribution in [0.3, 0.4) is 0 Å². The lowest BCUT2D eigenvalue weighted by atomic mass is 9.84. The first kappa shape index (κ1) is 24.2. The number of amides is 1. The number of carboxylic acid groups (broad SMARTS) is 1. The van der Waals surface area contributed by atoms with E-state index in [1.165, 1.54) is 12.3 Å². The Balaban J connectivity index is 1.41. The standard InChI is InChI=1S/C27H22FN7O4/c1-27(26-30-15(13-39-26)10-11-19(36)37)20-22(29)31-24(32-23(20)33-25(27)38)21-16-7-3-5-9-18(16)35(34-21)12-14-6-2-4-8-17(14)28/h2-9,13H,10-12H2,1H3,(H,36,37)(H3,29,31,32,33,38)/t27-/m1/s1. The van der Waals surface area contributed by atoms with Crippen molar-refractivity contribution in [3.8, 4) is 11.5 Å². The summed E-state index contributed by atoms with van der Waals surface area (Å²) >= 11 is 0. The Bertz CT molecular complexity index is 1780. The molecule has 39 heavy (non-hydrogen) atoms. The number of benzene rings is 2. The van der Waals surface area contributed by atoms with Gasteiger partial charge in [0, 0.05) is 17.4 Å². The molecule has 12 heteroatoms. The molecule has 196 valence electrons. The van der Waals surface area contributed by atoms with Crippen LogP contribution < -0.4 is 11.1 Å². The van der Waals surface area contributed by atoms with E-state index in [0.717, 1.165) is 10.9 Å². The van der Waals surface area contributed by atoms with Gasteiger partial charge in [-0.05, 0) is 19.1 Å². The summed E-state index contributed by atoms with van der Waals surface area (Å²) in [5, 5.41) is 17.1. The highest BCUT2D eigenvalue weighted by molar-refractivity contribution is 6.08. The van der Waals surface area contributed by atoms with Gasteiger partial charge in [-0.15, -0.1) is 0 Å². The zero-order valence-electron chi connectivity index (χ0n) is 20.7. The van der Waals surface area contributed by atoms with Crippen LogP contribution in [0, 0.1) is 5.82 Å². The molecule has 0 radical (unpaired) electrons. The molecule has 1 amide bonds. The number of halogens is 1. The van der Waals surface area contributed by atoms with Gasteiger partial charge in [0.2, 0.25) is 11.8 Å². The maximum absolute atomic E-state index is 14.4. The highest BCUT2D eigenvalue weighted by Gasteiger charge is 2.51. The van der Waals surface area contributed by atoms with Gasteiger partial charge in [0.1, 0.15) is 29.4 Å². The van der Waals surface area contributed by atoms with Crippen LogP contribution in [0.2, 0.25) is 0 Å². The summed E-state index contributed by atoms with van der Waals surface area (Å²) in [5.74, 6) is -1.29. The number of aliphatic carboxylic acids is 1. The molecular formula is C27H22FN7O4. The average Bonchev–Trinajstić information content (AvgIpc) is 3.60. The number of rotatable bonds is 7. The number of carbonyl (C=O) groups excluding carboxylic acids is 1. The summed E-state index contributed by atoms with van der Waals surface area (Å²) in [6.45, 7) is 1.79. The van der Waals surface area contributed by atoms with Crippen LogP contribution in [0.25, 0.3) is 22.4 Å². The summed E-state index contributed by atoms with van der Waals surface area (Å²) in [4.78, 5) is 37.6. The number of carbonyl (C=O) groups is 2. The highest BCUT2D eigenvalue weighted by Crippen LogP contribution is 2.45. The Kier molecular flexibility index (Phi) is 5.60. The third-order valence-electron chi connectivity index (χ3n) is 6.85. The second-order valence-electron chi connectivity index (χ2n) is 9.39. The molecule has 5 aromatic rings. The molecule has 0 spiro atoms. The van der Waals surface area contributed by atoms with Gasteiger partial charge in [-0.25, -0.2) is 19.3 Å². The van der Waals surface area contributed by atoms with Gasteiger partial charge in [-0.1, -0.05) is 36.4 Å². The molecule has 1 atom stereocenters. The number of para-hydroxylation sites is 1. The van der Waals surface area contributed by atoms with Gasteiger partial charge in [-0.2, -0.15) is 5.10 Å². The SMILES string of the molecule is C[C@]1(c2nc(CCC(=O)O)co2)C(=O)Nc2nc(-c3nn(Cc4ccccc4F)c4ccccc34)nc(N)c21. The van der Waals surface area contributed by atoms with Crippen LogP contribution in [0.1, 0.15) is 36.1 Å². The summed E-state index contributed by atoms with van der Waals surface area (Å²) in [6.07, 6.45) is 1.35. The van der Waals surface area contributed by atoms with Crippen LogP contribution in [0.15, 0.2) is 59.2 Å². The quantitative estimate of drug-likeness (QED) is 0.287. The first-order valence-corrected chi connectivity index (χ1v) is 12.1. The second kappa shape index (κ2) is 9.01. The van der Waals surface area contributed by atoms with E-state index < -0.39 is 17.3 Å². The first-order chi connectivity index (χ1) is 18.8. The van der Waals surface area contributed by atoms with Crippen molar-refractivity contribution in [3.05, 3.63) is 83.3 Å². The highest BCUT2D eigenvalue weighted by atomic mass is 19.1. The van der Waals surface area contributed by atoms with Gasteiger partial charge in [-0.3, -0.25) is 14.3 Å². The molecular weight excluding hydrogens is 505 g/mol. The topological polar surface area (TPSA) is 162 Å². The number of nitrogen functional groups attached to an aromatic ring is 1. The van der Waals surface area contributed by atoms with Gasteiger partial charge < -0.3 is 20.6 Å². The minimum atomic E-state index is -1.42. The van der Waals surface area contributed by atoms with E-state index in [1.54, 1.807) is 29.8 Å². The summed E-state index contributed by atoms with van der Waals surface area (Å²) < 4.78 is 21.6. The molecule has 0 saturated carbocycles. The molecule has 6 rings (SSSR count). The molecule has 4 heterocycles. The Labute approximate surface area is 220 Å². The molecule has 0 bridgehead atoms. The van der Waals surface area contributed by atoms with Crippen LogP contribution in [0.4, 0.5) is 16.0 Å². The Morgan fingerprint density at radius 1 is 1.15 bits per heavy atom. The van der Waals surface area contributed by atoms with Crippen LogP contribution in [0.5, 0.6) is 0 Å². The van der Waals surface area contributed by atoms with Gasteiger partial charge in [0.05, 0.1) is 29.7 Å². The van der Waals surface area contributed by atoms with E-state index in [4.69, 9.17) is 20.4 Å². The molecule has 3 aromatic heterocycles. The van der Waals surface area contributed by atoms with Crippen molar-refractivity contribution in [2.45, 2.75) is 31.7 Å². The maximum atomic E-state index is 14.4. The lowest BCUT2D eigenvalue weighted by molar-refractivity contribution is -0.137. The van der Waals surface area contributed by atoms with Crippen molar-refractivity contribution < 1.29 is 23.5 Å². The Hall–Kier alpha value is -5.13.